The highest BCUT2D eigenvalue weighted by Gasteiger charge is 2.86. The quantitative estimate of drug-likeness (QED) is 0.424. The maximum absolute atomic E-state index is 13.1. The Morgan fingerprint density at radius 1 is 1.31 bits per heavy atom. The number of ketones is 1. The van der Waals surface area contributed by atoms with Gasteiger partial charge in [0.15, 0.2) is 12.2 Å². The van der Waals surface area contributed by atoms with Crippen LogP contribution in [0.25, 0.3) is 0 Å². The van der Waals surface area contributed by atoms with E-state index in [4.69, 9.17) is 18.9 Å². The lowest BCUT2D eigenvalue weighted by Gasteiger charge is -2.57. The molecule has 3 fully saturated rings. The molecule has 26 heavy (non-hydrogen) atoms. The van der Waals surface area contributed by atoms with Crippen LogP contribution in [-0.2, 0) is 33.3 Å². The number of carbonyl (C=O) groups is 3. The lowest BCUT2D eigenvalue weighted by Crippen LogP contribution is -2.66. The Morgan fingerprint density at radius 3 is 2.58 bits per heavy atom. The molecule has 4 aliphatic rings. The third-order valence-corrected chi connectivity index (χ3v) is 6.88. The molecule has 7 nitrogen and oxygen atoms in total. The number of rotatable bonds is 3. The Kier molecular flexibility index (Phi) is 3.66. The van der Waals surface area contributed by atoms with Gasteiger partial charge in [-0.25, -0.2) is 0 Å². The number of epoxide rings is 1. The number of hydrogen-bond acceptors (Lipinski definition) is 7. The predicted molar refractivity (Wildman–Crippen MR) is 88.1 cm³/mol. The summed E-state index contributed by atoms with van der Waals surface area (Å²) in [6.45, 7) is 7.06. The zero-order valence-corrected chi connectivity index (χ0v) is 15.5. The molecule has 0 aromatic rings. The van der Waals surface area contributed by atoms with E-state index in [2.05, 4.69) is 0 Å². The van der Waals surface area contributed by atoms with E-state index in [1.54, 1.807) is 0 Å². The molecule has 2 bridgehead atoms. The van der Waals surface area contributed by atoms with E-state index in [9.17, 15) is 14.4 Å². The molecule has 142 valence electrons. The number of allylic oxidation sites excluding steroid dienone is 1. The normalized spacial score (nSPS) is 45.8. The molecular formula is C19H24O7. The third-order valence-electron chi connectivity index (χ3n) is 6.88. The van der Waals surface area contributed by atoms with Crippen molar-refractivity contribution in [1.29, 1.82) is 0 Å². The van der Waals surface area contributed by atoms with Gasteiger partial charge in [0.05, 0.1) is 18.1 Å². The fraction of sp³-hybridized carbons (Fsp3) is 0.737. The molecule has 6 atom stereocenters. The van der Waals surface area contributed by atoms with Crippen LogP contribution in [0.5, 0.6) is 0 Å². The second-order valence-corrected chi connectivity index (χ2v) is 8.16. The van der Waals surface area contributed by atoms with Crippen molar-refractivity contribution in [3.05, 3.63) is 11.6 Å². The van der Waals surface area contributed by atoms with Crippen LogP contribution in [0.2, 0.25) is 0 Å². The molecule has 2 aliphatic carbocycles. The van der Waals surface area contributed by atoms with Crippen LogP contribution in [0.1, 0.15) is 40.5 Å². The van der Waals surface area contributed by atoms with Crippen molar-refractivity contribution in [3.63, 3.8) is 0 Å². The number of fused-ring (bicyclic) bond motifs is 2. The standard InChI is InChI=1S/C19H24O7/c1-10-5-6-18(8-23-11(2)20)13(7-10)26-16-14(22)15(25-12(3)21)17(18,4)19(16)9-24-19/h7,13,15-16H,5-6,8-9H2,1-4H3/t13?,15-,16?,17?,18+,19?/m1/s1. The molecule has 2 saturated heterocycles. The van der Waals surface area contributed by atoms with Crippen molar-refractivity contribution in [2.45, 2.75) is 64.4 Å². The summed E-state index contributed by atoms with van der Waals surface area (Å²) in [5, 5.41) is 0. The second kappa shape index (κ2) is 5.39. The molecule has 1 saturated carbocycles. The minimum atomic E-state index is -0.972. The van der Waals surface area contributed by atoms with E-state index in [1.165, 1.54) is 19.4 Å². The van der Waals surface area contributed by atoms with Gasteiger partial charge in [-0.3, -0.25) is 14.4 Å². The highest BCUT2D eigenvalue weighted by atomic mass is 16.6. The molecule has 4 unspecified atom stereocenters. The van der Waals surface area contributed by atoms with Crippen molar-refractivity contribution >= 4 is 17.7 Å². The molecule has 0 amide bonds. The summed E-state index contributed by atoms with van der Waals surface area (Å²) < 4.78 is 23.0. The maximum atomic E-state index is 13.1. The number of ether oxygens (including phenoxy) is 4. The summed E-state index contributed by atoms with van der Waals surface area (Å²) in [7, 11) is 0. The fourth-order valence-electron chi connectivity index (χ4n) is 5.35. The minimum absolute atomic E-state index is 0.0934. The van der Waals surface area contributed by atoms with Gasteiger partial charge in [-0.1, -0.05) is 18.6 Å². The molecule has 0 radical (unpaired) electrons. The van der Waals surface area contributed by atoms with E-state index in [0.717, 1.165) is 6.42 Å². The molecule has 2 heterocycles. The third kappa shape index (κ3) is 1.98. The monoisotopic (exact) mass is 364 g/mol. The largest absolute Gasteiger partial charge is 0.465 e. The molecular weight excluding hydrogens is 340 g/mol. The summed E-state index contributed by atoms with van der Waals surface area (Å²) in [6, 6.07) is 0. The van der Waals surface area contributed by atoms with Gasteiger partial charge in [0.1, 0.15) is 12.2 Å². The van der Waals surface area contributed by atoms with E-state index in [-0.39, 0.29) is 12.4 Å². The van der Waals surface area contributed by atoms with Crippen LogP contribution in [-0.4, -0.2) is 54.8 Å². The summed E-state index contributed by atoms with van der Waals surface area (Å²) >= 11 is 0. The van der Waals surface area contributed by atoms with Gasteiger partial charge >= 0.3 is 11.9 Å². The van der Waals surface area contributed by atoms with Crippen LogP contribution in [0, 0.1) is 10.8 Å². The molecule has 7 heteroatoms. The van der Waals surface area contributed by atoms with Gasteiger partial charge in [0, 0.05) is 19.3 Å². The van der Waals surface area contributed by atoms with Gasteiger partial charge in [0.25, 0.3) is 0 Å². The van der Waals surface area contributed by atoms with Crippen LogP contribution in [0.4, 0.5) is 0 Å². The van der Waals surface area contributed by atoms with Crippen LogP contribution in [0.15, 0.2) is 11.6 Å². The van der Waals surface area contributed by atoms with E-state index < -0.39 is 46.7 Å². The average molecular weight is 364 g/mol. The van der Waals surface area contributed by atoms with Gasteiger partial charge in [0.2, 0.25) is 5.78 Å². The number of hydrogen-bond donors (Lipinski definition) is 0. The lowest BCUT2D eigenvalue weighted by atomic mass is 9.51. The Morgan fingerprint density at radius 2 is 2.00 bits per heavy atom. The first kappa shape index (κ1) is 17.7. The zero-order valence-electron chi connectivity index (χ0n) is 15.5. The number of esters is 2. The summed E-state index contributed by atoms with van der Waals surface area (Å²) in [4.78, 5) is 36.4. The topological polar surface area (TPSA) is 91.4 Å². The van der Waals surface area contributed by atoms with Gasteiger partial charge < -0.3 is 18.9 Å². The SMILES string of the molecule is CC(=O)OC[C@@]12CCC(C)=CC1OC1C(=O)[C@@H](OC(C)=O)C2(C)C12CO2. The Bertz CT molecular complexity index is 721. The number of carbonyl (C=O) groups excluding carboxylic acids is 3. The number of Topliss-reactive ketones (excluding diaryl/α,β-unsaturated/α-hetero) is 1. The van der Waals surface area contributed by atoms with Gasteiger partial charge in [-0.05, 0) is 19.8 Å². The zero-order chi connectivity index (χ0) is 18.9. The Hall–Kier alpha value is -1.73. The molecule has 0 aromatic heterocycles. The van der Waals surface area contributed by atoms with Crippen molar-refractivity contribution in [3.8, 4) is 0 Å². The van der Waals surface area contributed by atoms with Crippen molar-refractivity contribution in [1.82, 2.24) is 0 Å². The predicted octanol–water partition coefficient (Wildman–Crippen LogP) is 1.33. The molecule has 0 N–H and O–H groups in total. The van der Waals surface area contributed by atoms with E-state index in [1.807, 2.05) is 19.9 Å². The molecule has 2 aliphatic heterocycles. The first-order valence-corrected chi connectivity index (χ1v) is 8.99. The average Bonchev–Trinajstić information content (AvgIpc) is 3.34. The Labute approximate surface area is 152 Å². The molecule has 0 aromatic carbocycles. The van der Waals surface area contributed by atoms with Crippen molar-refractivity contribution in [2.75, 3.05) is 13.2 Å². The minimum Gasteiger partial charge on any atom is -0.465 e. The van der Waals surface area contributed by atoms with Gasteiger partial charge in [-0.2, -0.15) is 0 Å². The van der Waals surface area contributed by atoms with Crippen molar-refractivity contribution in [2.24, 2.45) is 10.8 Å². The van der Waals surface area contributed by atoms with Crippen LogP contribution >= 0.6 is 0 Å². The first-order valence-electron chi connectivity index (χ1n) is 8.99. The second-order valence-electron chi connectivity index (χ2n) is 8.16. The van der Waals surface area contributed by atoms with Crippen molar-refractivity contribution < 1.29 is 33.3 Å². The smallest absolute Gasteiger partial charge is 0.303 e. The first-order chi connectivity index (χ1) is 12.2. The maximum Gasteiger partial charge on any atom is 0.303 e. The summed E-state index contributed by atoms with van der Waals surface area (Å²) in [5.41, 5.74) is -1.18. The summed E-state index contributed by atoms with van der Waals surface area (Å²) in [5.74, 6) is -1.17. The summed E-state index contributed by atoms with van der Waals surface area (Å²) in [6.07, 6.45) is 1.32. The fourth-order valence-corrected chi connectivity index (χ4v) is 5.35. The lowest BCUT2D eigenvalue weighted by molar-refractivity contribution is -0.232. The molecule has 4 rings (SSSR count). The van der Waals surface area contributed by atoms with E-state index in [0.29, 0.717) is 13.0 Å². The van der Waals surface area contributed by atoms with Gasteiger partial charge in [-0.15, -0.1) is 0 Å². The van der Waals surface area contributed by atoms with Crippen LogP contribution in [0.3, 0.4) is 0 Å². The van der Waals surface area contributed by atoms with E-state index >= 15 is 0 Å². The highest BCUT2D eigenvalue weighted by molar-refractivity contribution is 5.96. The Balaban J connectivity index is 1.87. The highest BCUT2D eigenvalue weighted by Crippen LogP contribution is 2.71. The van der Waals surface area contributed by atoms with Crippen LogP contribution < -0.4 is 0 Å². The molecule has 1 spiro atoms.